The molecule has 2 nitrogen and oxygen atoms in total. The van der Waals surface area contributed by atoms with Crippen LogP contribution in [0, 0.1) is 0 Å². The van der Waals surface area contributed by atoms with Gasteiger partial charge in [0.05, 0.1) is 6.10 Å². The van der Waals surface area contributed by atoms with Crippen LogP contribution in [0.5, 0.6) is 0 Å². The van der Waals surface area contributed by atoms with Gasteiger partial charge in [-0.1, -0.05) is 56.3 Å². The molecule has 0 spiro atoms. The molecule has 0 amide bonds. The van der Waals surface area contributed by atoms with Gasteiger partial charge in [-0.3, -0.25) is 0 Å². The fourth-order valence-electron chi connectivity index (χ4n) is 3.05. The van der Waals surface area contributed by atoms with Crippen LogP contribution < -0.4 is 5.32 Å². The number of nitrogens with one attached hydrogen (secondary N) is 1. The Kier molecular flexibility index (Phi) is 4.87. The summed E-state index contributed by atoms with van der Waals surface area (Å²) in [4.78, 5) is 1.28. The number of thioether (sulfide) groups is 1. The van der Waals surface area contributed by atoms with Gasteiger partial charge in [0, 0.05) is 29.2 Å². The first kappa shape index (κ1) is 15.6. The quantitative estimate of drug-likeness (QED) is 0.901. The zero-order valence-corrected chi connectivity index (χ0v) is 13.9. The van der Waals surface area contributed by atoms with Crippen molar-refractivity contribution in [1.29, 1.82) is 0 Å². The van der Waals surface area contributed by atoms with Crippen molar-refractivity contribution < 1.29 is 5.11 Å². The molecule has 116 valence electrons. The Bertz CT molecular complexity index is 593. The van der Waals surface area contributed by atoms with E-state index in [0.29, 0.717) is 12.6 Å². The third-order valence-corrected chi connectivity index (χ3v) is 5.29. The van der Waals surface area contributed by atoms with Crippen molar-refractivity contribution in [3.05, 3.63) is 65.2 Å². The third kappa shape index (κ3) is 3.22. The van der Waals surface area contributed by atoms with Crippen molar-refractivity contribution in [2.45, 2.75) is 42.6 Å². The van der Waals surface area contributed by atoms with Crippen molar-refractivity contribution in [1.82, 2.24) is 5.32 Å². The monoisotopic (exact) mass is 313 g/mol. The summed E-state index contributed by atoms with van der Waals surface area (Å²) in [7, 11) is 0. The van der Waals surface area contributed by atoms with Crippen molar-refractivity contribution in [2.24, 2.45) is 0 Å². The molecular weight excluding hydrogens is 290 g/mol. The van der Waals surface area contributed by atoms with E-state index in [9.17, 15) is 5.11 Å². The molecule has 0 aliphatic carbocycles. The van der Waals surface area contributed by atoms with E-state index in [4.69, 9.17) is 0 Å². The average Bonchev–Trinajstić information content (AvgIpc) is 2.69. The van der Waals surface area contributed by atoms with Gasteiger partial charge in [-0.05, 0) is 22.8 Å². The summed E-state index contributed by atoms with van der Waals surface area (Å²) >= 11 is 1.87. The molecule has 2 aromatic rings. The van der Waals surface area contributed by atoms with E-state index in [0.717, 1.165) is 5.75 Å². The average molecular weight is 313 g/mol. The zero-order valence-electron chi connectivity index (χ0n) is 13.1. The minimum Gasteiger partial charge on any atom is -0.391 e. The normalized spacial score (nSPS) is 18.5. The predicted octanol–water partition coefficient (Wildman–Crippen LogP) is 3.78. The fraction of sp³-hybridized carbons (Fsp3) is 0.368. The molecule has 0 saturated carbocycles. The van der Waals surface area contributed by atoms with Crippen LogP contribution in [-0.2, 0) is 5.75 Å². The van der Waals surface area contributed by atoms with Gasteiger partial charge < -0.3 is 10.4 Å². The largest absolute Gasteiger partial charge is 0.391 e. The molecule has 0 aromatic heterocycles. The summed E-state index contributed by atoms with van der Waals surface area (Å²) in [6.45, 7) is 4.82. The smallest absolute Gasteiger partial charge is 0.0774 e. The summed E-state index contributed by atoms with van der Waals surface area (Å²) in [6.07, 6.45) is -0.427. The Labute approximate surface area is 137 Å². The van der Waals surface area contributed by atoms with Gasteiger partial charge in [0.25, 0.3) is 0 Å². The molecule has 1 aliphatic heterocycles. The lowest BCUT2D eigenvalue weighted by molar-refractivity contribution is 0.150. The molecule has 3 rings (SSSR count). The maximum absolute atomic E-state index is 10.9. The number of benzene rings is 2. The highest BCUT2D eigenvalue weighted by molar-refractivity contribution is 7.98. The highest BCUT2D eigenvalue weighted by atomic mass is 32.2. The van der Waals surface area contributed by atoms with E-state index in [1.165, 1.54) is 21.6 Å². The van der Waals surface area contributed by atoms with Crippen LogP contribution in [0.2, 0.25) is 0 Å². The Morgan fingerprint density at radius 3 is 2.55 bits per heavy atom. The van der Waals surface area contributed by atoms with Crippen LogP contribution in [0.1, 0.15) is 36.5 Å². The minimum atomic E-state index is -0.427. The second kappa shape index (κ2) is 6.86. The van der Waals surface area contributed by atoms with E-state index in [1.54, 1.807) is 0 Å². The number of aliphatic hydroxyl groups excluding tert-OH is 1. The Morgan fingerprint density at radius 1 is 1.09 bits per heavy atom. The summed E-state index contributed by atoms with van der Waals surface area (Å²) < 4.78 is 0. The fourth-order valence-corrected chi connectivity index (χ4v) is 4.16. The maximum Gasteiger partial charge on any atom is 0.0774 e. The Hall–Kier alpha value is -1.29. The first-order valence-corrected chi connectivity index (χ1v) is 8.86. The number of aliphatic hydroxyl groups is 1. The molecule has 1 heterocycles. The maximum atomic E-state index is 10.9. The number of hydrogen-bond acceptors (Lipinski definition) is 3. The van der Waals surface area contributed by atoms with Crippen LogP contribution in [0.3, 0.4) is 0 Å². The van der Waals surface area contributed by atoms with E-state index in [1.807, 2.05) is 11.8 Å². The van der Waals surface area contributed by atoms with Crippen molar-refractivity contribution in [3.8, 4) is 0 Å². The number of rotatable bonds is 4. The summed E-state index contributed by atoms with van der Waals surface area (Å²) in [6, 6.07) is 17.4. The van der Waals surface area contributed by atoms with Gasteiger partial charge in [0.2, 0.25) is 0 Å². The van der Waals surface area contributed by atoms with E-state index in [-0.39, 0.29) is 5.92 Å². The van der Waals surface area contributed by atoms with E-state index in [2.05, 4.69) is 67.7 Å². The van der Waals surface area contributed by atoms with Gasteiger partial charge in [-0.15, -0.1) is 11.8 Å². The molecule has 0 radical (unpaired) electrons. The molecular formula is C19H23NOS. The third-order valence-electron chi connectivity index (χ3n) is 4.15. The summed E-state index contributed by atoms with van der Waals surface area (Å²) in [5, 5.41) is 14.2. The first-order valence-electron chi connectivity index (χ1n) is 7.88. The molecule has 22 heavy (non-hydrogen) atoms. The van der Waals surface area contributed by atoms with Gasteiger partial charge in [-0.25, -0.2) is 0 Å². The first-order chi connectivity index (χ1) is 10.7. The van der Waals surface area contributed by atoms with Crippen LogP contribution in [-0.4, -0.2) is 23.8 Å². The number of hydrogen-bond donors (Lipinski definition) is 2. The molecule has 2 unspecified atom stereocenters. The van der Waals surface area contributed by atoms with E-state index < -0.39 is 6.10 Å². The van der Waals surface area contributed by atoms with Crippen molar-refractivity contribution in [3.63, 3.8) is 0 Å². The standard InChI is InChI=1S/C19H23NOS/c1-13(2)20-11-17(21)19-15-8-4-3-7-14(15)12-22-18-10-6-5-9-16(18)19/h3-10,13,17,19-21H,11-12H2,1-2H3. The lowest BCUT2D eigenvalue weighted by Crippen LogP contribution is -2.36. The Balaban J connectivity index is 2.02. The predicted molar refractivity (Wildman–Crippen MR) is 93.4 cm³/mol. The second-order valence-corrected chi connectivity index (χ2v) is 7.15. The molecule has 2 aromatic carbocycles. The van der Waals surface area contributed by atoms with Crippen molar-refractivity contribution >= 4 is 11.8 Å². The molecule has 3 heteroatoms. The van der Waals surface area contributed by atoms with Crippen LogP contribution >= 0.6 is 11.8 Å². The molecule has 1 aliphatic rings. The Morgan fingerprint density at radius 2 is 1.77 bits per heavy atom. The highest BCUT2D eigenvalue weighted by Gasteiger charge is 2.29. The topological polar surface area (TPSA) is 32.3 Å². The van der Waals surface area contributed by atoms with Crippen LogP contribution in [0.15, 0.2) is 53.4 Å². The van der Waals surface area contributed by atoms with Gasteiger partial charge >= 0.3 is 0 Å². The molecule has 2 N–H and O–H groups in total. The van der Waals surface area contributed by atoms with Gasteiger partial charge in [0.1, 0.15) is 0 Å². The molecule has 0 saturated heterocycles. The highest BCUT2D eigenvalue weighted by Crippen LogP contribution is 2.41. The SMILES string of the molecule is CC(C)NCC(O)C1c2ccccc2CSc2ccccc21. The summed E-state index contributed by atoms with van der Waals surface area (Å²) in [5.41, 5.74) is 3.84. The van der Waals surface area contributed by atoms with E-state index >= 15 is 0 Å². The number of fused-ring (bicyclic) bond motifs is 2. The molecule has 0 bridgehead atoms. The molecule has 2 atom stereocenters. The lowest BCUT2D eigenvalue weighted by atomic mass is 9.84. The van der Waals surface area contributed by atoms with Gasteiger partial charge in [0.15, 0.2) is 0 Å². The van der Waals surface area contributed by atoms with Gasteiger partial charge in [-0.2, -0.15) is 0 Å². The zero-order chi connectivity index (χ0) is 15.5. The van der Waals surface area contributed by atoms with Crippen LogP contribution in [0.25, 0.3) is 0 Å². The lowest BCUT2D eigenvalue weighted by Gasteiger charge is -2.26. The minimum absolute atomic E-state index is 0.0358. The van der Waals surface area contributed by atoms with Crippen LogP contribution in [0.4, 0.5) is 0 Å². The second-order valence-electron chi connectivity index (χ2n) is 6.13. The molecule has 0 fully saturated rings. The summed E-state index contributed by atoms with van der Waals surface area (Å²) in [5.74, 6) is 1.00. The van der Waals surface area contributed by atoms with Crippen molar-refractivity contribution in [2.75, 3.05) is 6.54 Å².